The van der Waals surface area contributed by atoms with Crippen LogP contribution in [0.15, 0.2) is 66.2 Å². The first-order chi connectivity index (χ1) is 20.6. The van der Waals surface area contributed by atoms with E-state index in [1.54, 1.807) is 42.7 Å². The highest BCUT2D eigenvalue weighted by Gasteiger charge is 2.41. The summed E-state index contributed by atoms with van der Waals surface area (Å²) < 4.78 is 62.2. The minimum atomic E-state index is -4.07. The summed E-state index contributed by atoms with van der Waals surface area (Å²) in [4.78, 5) is 30.4. The fourth-order valence-corrected chi connectivity index (χ4v) is 8.60. The van der Waals surface area contributed by atoms with E-state index in [0.29, 0.717) is 21.5 Å². The van der Waals surface area contributed by atoms with Gasteiger partial charge in [-0.15, -0.1) is 0 Å². The highest BCUT2D eigenvalue weighted by molar-refractivity contribution is 7.89. The van der Waals surface area contributed by atoms with Crippen LogP contribution in [-0.4, -0.2) is 114 Å². The number of piperazine rings is 1. The third-order valence-electron chi connectivity index (χ3n) is 7.51. The SMILES string of the molecule is O=C(c1ncc(-c2ccncc2)cn1)N1CCN(S(=O)(=O)c2cc3cc(Cl)ccc3[nH]2)CC1CS(=O)(=O)N1CCOCC1. The zero-order valence-corrected chi connectivity index (χ0v) is 25.2. The molecule has 0 saturated carbocycles. The quantitative estimate of drug-likeness (QED) is 0.317. The summed E-state index contributed by atoms with van der Waals surface area (Å²) in [5.74, 6) is -1.17. The lowest BCUT2D eigenvalue weighted by Gasteiger charge is -2.41. The average molecular weight is 646 g/mol. The molecule has 0 bridgehead atoms. The average Bonchev–Trinajstić information content (AvgIpc) is 3.46. The van der Waals surface area contributed by atoms with Gasteiger partial charge in [-0.05, 0) is 42.0 Å². The van der Waals surface area contributed by atoms with Crippen LogP contribution in [0.5, 0.6) is 0 Å². The molecule has 13 nitrogen and oxygen atoms in total. The van der Waals surface area contributed by atoms with Gasteiger partial charge in [0.1, 0.15) is 5.03 Å². The van der Waals surface area contributed by atoms with E-state index in [-0.39, 0.29) is 56.8 Å². The molecule has 6 rings (SSSR count). The number of fused-ring (bicyclic) bond motifs is 1. The number of aromatic nitrogens is 4. The third-order valence-corrected chi connectivity index (χ3v) is 11.5. The maximum Gasteiger partial charge on any atom is 0.292 e. The normalized spacial score (nSPS) is 19.1. The first kappa shape index (κ1) is 29.6. The number of nitrogens with one attached hydrogen (secondary N) is 1. The lowest BCUT2D eigenvalue weighted by atomic mass is 10.1. The number of benzene rings is 1. The predicted octanol–water partition coefficient (Wildman–Crippen LogP) is 1.85. The second-order valence-corrected chi connectivity index (χ2v) is 14.6. The number of hydrogen-bond donors (Lipinski definition) is 1. The lowest BCUT2D eigenvalue weighted by Crippen LogP contribution is -2.60. The Bertz CT molecular complexity index is 1850. The Hall–Kier alpha value is -3.47. The van der Waals surface area contributed by atoms with E-state index in [0.717, 1.165) is 5.56 Å². The Morgan fingerprint density at radius 3 is 2.37 bits per heavy atom. The topological polar surface area (TPSA) is 159 Å². The number of rotatable bonds is 7. The van der Waals surface area contributed by atoms with Crippen molar-refractivity contribution in [2.45, 2.75) is 11.1 Å². The third kappa shape index (κ3) is 6.14. The van der Waals surface area contributed by atoms with Gasteiger partial charge in [0, 0.05) is 79.0 Å². The molecule has 0 aliphatic carbocycles. The first-order valence-corrected chi connectivity index (χ1v) is 16.9. The van der Waals surface area contributed by atoms with E-state index in [9.17, 15) is 21.6 Å². The van der Waals surface area contributed by atoms with Crippen LogP contribution >= 0.6 is 11.6 Å². The van der Waals surface area contributed by atoms with Crippen LogP contribution < -0.4 is 0 Å². The first-order valence-electron chi connectivity index (χ1n) is 13.5. The molecule has 1 amide bonds. The van der Waals surface area contributed by atoms with Crippen molar-refractivity contribution in [3.05, 3.63) is 72.0 Å². The summed E-state index contributed by atoms with van der Waals surface area (Å²) >= 11 is 6.08. The zero-order chi connectivity index (χ0) is 30.2. The number of nitrogens with zero attached hydrogens (tertiary/aromatic N) is 6. The highest BCUT2D eigenvalue weighted by Crippen LogP contribution is 2.27. The van der Waals surface area contributed by atoms with Gasteiger partial charge in [-0.2, -0.15) is 8.61 Å². The second-order valence-electron chi connectivity index (χ2n) is 10.2. The maximum absolute atomic E-state index is 13.7. The monoisotopic (exact) mass is 645 g/mol. The molecule has 2 aliphatic heterocycles. The van der Waals surface area contributed by atoms with E-state index < -0.39 is 37.7 Å². The van der Waals surface area contributed by atoms with Gasteiger partial charge in [0.05, 0.1) is 25.0 Å². The largest absolute Gasteiger partial charge is 0.379 e. The number of ether oxygens (including phenoxy) is 1. The molecule has 4 aromatic rings. The fourth-order valence-electron chi connectivity index (χ4n) is 5.24. The molecule has 1 N–H and O–H groups in total. The Balaban J connectivity index is 1.28. The molecule has 16 heteroatoms. The van der Waals surface area contributed by atoms with Gasteiger partial charge in [0.2, 0.25) is 15.8 Å². The van der Waals surface area contributed by atoms with Crippen molar-refractivity contribution in [1.29, 1.82) is 0 Å². The Morgan fingerprint density at radius 2 is 1.65 bits per heavy atom. The van der Waals surface area contributed by atoms with Crippen molar-refractivity contribution in [3.8, 4) is 11.1 Å². The smallest absolute Gasteiger partial charge is 0.292 e. The molecule has 226 valence electrons. The molecule has 1 atom stereocenters. The number of hydrogen-bond acceptors (Lipinski definition) is 9. The molecule has 1 unspecified atom stereocenters. The van der Waals surface area contributed by atoms with Crippen molar-refractivity contribution in [2.75, 3.05) is 51.7 Å². The van der Waals surface area contributed by atoms with Gasteiger partial charge in [0.15, 0.2) is 0 Å². The predicted molar refractivity (Wildman–Crippen MR) is 158 cm³/mol. The lowest BCUT2D eigenvalue weighted by molar-refractivity contribution is 0.0572. The van der Waals surface area contributed by atoms with Gasteiger partial charge in [-0.25, -0.2) is 26.8 Å². The standard InChI is InChI=1S/C27H28ClN7O6S2/c28-22-1-2-24-20(13-22)14-25(32-24)43(39,40)34-7-8-35(23(17-34)18-42(37,38)33-9-11-41-12-10-33)27(36)26-30-15-21(16-31-26)19-3-5-29-6-4-19/h1-6,13-16,23,32H,7-12,17-18H2. The Morgan fingerprint density at radius 1 is 0.930 bits per heavy atom. The molecule has 43 heavy (non-hydrogen) atoms. The number of carbonyl (C=O) groups is 1. The van der Waals surface area contributed by atoms with E-state index in [1.165, 1.54) is 32.0 Å². The molecule has 2 aliphatic rings. The van der Waals surface area contributed by atoms with Gasteiger partial charge < -0.3 is 14.6 Å². The molecule has 1 aromatic carbocycles. The summed E-state index contributed by atoms with van der Waals surface area (Å²) in [6.07, 6.45) is 6.29. The molecule has 2 fully saturated rings. The van der Waals surface area contributed by atoms with Crippen molar-refractivity contribution in [3.63, 3.8) is 0 Å². The summed E-state index contributed by atoms with van der Waals surface area (Å²) in [7, 11) is -7.93. The van der Waals surface area contributed by atoms with Crippen molar-refractivity contribution < 1.29 is 26.4 Å². The number of aromatic amines is 1. The fraction of sp³-hybridized carbons (Fsp3) is 0.333. The van der Waals surface area contributed by atoms with E-state index in [1.807, 2.05) is 0 Å². The van der Waals surface area contributed by atoms with E-state index in [4.69, 9.17) is 16.3 Å². The van der Waals surface area contributed by atoms with Crippen LogP contribution in [0, 0.1) is 0 Å². The number of H-pyrrole nitrogens is 1. The minimum absolute atomic E-state index is 0.0469. The Kier molecular flexibility index (Phi) is 8.19. The molecule has 0 radical (unpaired) electrons. The number of carbonyl (C=O) groups excluding carboxylic acids is 1. The maximum atomic E-state index is 13.7. The van der Waals surface area contributed by atoms with Gasteiger partial charge in [-0.1, -0.05) is 11.6 Å². The number of amides is 1. The van der Waals surface area contributed by atoms with Crippen LogP contribution in [0.25, 0.3) is 22.0 Å². The molecular formula is C27H28ClN7O6S2. The number of sulfonamides is 2. The van der Waals surface area contributed by atoms with E-state index >= 15 is 0 Å². The summed E-state index contributed by atoms with van der Waals surface area (Å²) in [6.45, 7) is 0.549. The van der Waals surface area contributed by atoms with Crippen LogP contribution in [-0.2, 0) is 24.8 Å². The Labute approximate surface area is 253 Å². The molecule has 3 aromatic heterocycles. The summed E-state index contributed by atoms with van der Waals surface area (Å²) in [6, 6.07) is 9.06. The summed E-state index contributed by atoms with van der Waals surface area (Å²) in [5, 5.41) is 1.04. The van der Waals surface area contributed by atoms with Crippen LogP contribution in [0.2, 0.25) is 5.02 Å². The molecule has 2 saturated heterocycles. The highest BCUT2D eigenvalue weighted by atomic mass is 35.5. The summed E-state index contributed by atoms with van der Waals surface area (Å²) in [5.41, 5.74) is 2.10. The van der Waals surface area contributed by atoms with E-state index in [2.05, 4.69) is 19.9 Å². The van der Waals surface area contributed by atoms with Crippen molar-refractivity contribution in [1.82, 2.24) is 33.4 Å². The van der Waals surface area contributed by atoms with Crippen LogP contribution in [0.1, 0.15) is 10.6 Å². The zero-order valence-electron chi connectivity index (χ0n) is 22.8. The van der Waals surface area contributed by atoms with Crippen molar-refractivity contribution >= 4 is 48.5 Å². The van der Waals surface area contributed by atoms with Gasteiger partial charge in [-0.3, -0.25) is 9.78 Å². The van der Waals surface area contributed by atoms with Crippen LogP contribution in [0.4, 0.5) is 0 Å². The van der Waals surface area contributed by atoms with Crippen LogP contribution in [0.3, 0.4) is 0 Å². The number of halogens is 1. The molecule has 0 spiro atoms. The number of morpholine rings is 1. The van der Waals surface area contributed by atoms with Crippen molar-refractivity contribution in [2.24, 2.45) is 0 Å². The second kappa shape index (κ2) is 11.9. The number of pyridine rings is 1. The molecular weight excluding hydrogens is 618 g/mol. The molecule has 5 heterocycles. The van der Waals surface area contributed by atoms with Gasteiger partial charge >= 0.3 is 0 Å². The minimum Gasteiger partial charge on any atom is -0.379 e. The van der Waals surface area contributed by atoms with Gasteiger partial charge in [0.25, 0.3) is 15.9 Å².